The average Bonchev–Trinajstić information content (AvgIpc) is 2.33. The van der Waals surface area contributed by atoms with Gasteiger partial charge in [-0.3, -0.25) is 4.72 Å². The summed E-state index contributed by atoms with van der Waals surface area (Å²) in [7, 11) is -3.72. The summed E-state index contributed by atoms with van der Waals surface area (Å²) in [5, 5.41) is 0. The summed E-state index contributed by atoms with van der Waals surface area (Å²) >= 11 is 0. The van der Waals surface area contributed by atoms with Crippen LogP contribution in [0, 0.1) is 19.7 Å². The lowest BCUT2D eigenvalue weighted by Gasteiger charge is -2.11. The fourth-order valence-corrected chi connectivity index (χ4v) is 3.20. The number of rotatable bonds is 3. The highest BCUT2D eigenvalue weighted by Crippen LogP contribution is 2.22. The van der Waals surface area contributed by atoms with Crippen molar-refractivity contribution in [2.24, 2.45) is 0 Å². The molecule has 0 atom stereocenters. The summed E-state index contributed by atoms with van der Waals surface area (Å²) in [5.41, 5.74) is 7.16. The summed E-state index contributed by atoms with van der Waals surface area (Å²) in [6, 6.07) is 8.74. The highest BCUT2D eigenvalue weighted by Gasteiger charge is 2.17. The minimum Gasteiger partial charge on any atom is -0.396 e. The summed E-state index contributed by atoms with van der Waals surface area (Å²) in [5.74, 6) is -0.584. The van der Waals surface area contributed by atoms with E-state index in [4.69, 9.17) is 5.73 Å². The molecule has 0 heterocycles. The topological polar surface area (TPSA) is 72.2 Å². The fraction of sp³-hybridized carbons (Fsp3) is 0.143. The van der Waals surface area contributed by atoms with Gasteiger partial charge in [-0.1, -0.05) is 17.7 Å². The van der Waals surface area contributed by atoms with Crippen molar-refractivity contribution >= 4 is 21.4 Å². The number of benzene rings is 2. The zero-order valence-corrected chi connectivity index (χ0v) is 12.0. The molecule has 0 saturated carbocycles. The van der Waals surface area contributed by atoms with Crippen LogP contribution in [0.1, 0.15) is 11.1 Å². The lowest BCUT2D eigenvalue weighted by Crippen LogP contribution is -2.14. The van der Waals surface area contributed by atoms with Crippen LogP contribution in [-0.2, 0) is 10.0 Å². The first-order valence-electron chi connectivity index (χ1n) is 5.95. The Kier molecular flexibility index (Phi) is 3.67. The van der Waals surface area contributed by atoms with Crippen LogP contribution in [0.15, 0.2) is 41.3 Å². The van der Waals surface area contributed by atoms with Crippen molar-refractivity contribution < 1.29 is 12.8 Å². The van der Waals surface area contributed by atoms with Crippen LogP contribution < -0.4 is 10.5 Å². The van der Waals surface area contributed by atoms with E-state index in [0.29, 0.717) is 5.56 Å². The number of anilines is 2. The Morgan fingerprint density at radius 3 is 2.40 bits per heavy atom. The molecule has 0 aliphatic heterocycles. The van der Waals surface area contributed by atoms with E-state index in [0.717, 1.165) is 11.6 Å². The van der Waals surface area contributed by atoms with Gasteiger partial charge in [0.25, 0.3) is 10.0 Å². The minimum absolute atomic E-state index is 0.106. The quantitative estimate of drug-likeness (QED) is 0.855. The van der Waals surface area contributed by atoms with Crippen molar-refractivity contribution in [3.8, 4) is 0 Å². The zero-order chi connectivity index (χ0) is 14.9. The molecule has 0 amide bonds. The van der Waals surface area contributed by atoms with Crippen LogP contribution in [0.5, 0.6) is 0 Å². The number of sulfonamides is 1. The summed E-state index contributed by atoms with van der Waals surface area (Å²) in [4.78, 5) is 0.186. The summed E-state index contributed by atoms with van der Waals surface area (Å²) < 4.78 is 40.0. The predicted octanol–water partition coefficient (Wildman–Crippen LogP) is 2.83. The molecule has 0 aromatic heterocycles. The first-order chi connectivity index (χ1) is 9.29. The van der Waals surface area contributed by atoms with Crippen molar-refractivity contribution in [3.63, 3.8) is 0 Å². The molecule has 20 heavy (non-hydrogen) atoms. The molecular formula is C14H15FN2O2S. The number of nitrogens with one attached hydrogen (secondary N) is 1. The molecule has 0 radical (unpaired) electrons. The molecule has 6 heteroatoms. The van der Waals surface area contributed by atoms with Gasteiger partial charge >= 0.3 is 0 Å². The maximum atomic E-state index is 13.1. The molecule has 0 aliphatic rings. The maximum absolute atomic E-state index is 13.1. The Balaban J connectivity index is 2.38. The van der Waals surface area contributed by atoms with Crippen molar-refractivity contribution in [2.45, 2.75) is 18.7 Å². The van der Waals surface area contributed by atoms with Gasteiger partial charge in [-0.15, -0.1) is 0 Å². The van der Waals surface area contributed by atoms with E-state index >= 15 is 0 Å². The van der Waals surface area contributed by atoms with Gasteiger partial charge in [0.1, 0.15) is 5.82 Å². The summed E-state index contributed by atoms with van der Waals surface area (Å²) in [6.45, 7) is 3.61. The van der Waals surface area contributed by atoms with Crippen LogP contribution in [0.25, 0.3) is 0 Å². The molecule has 0 bridgehead atoms. The van der Waals surface area contributed by atoms with E-state index in [2.05, 4.69) is 4.72 Å². The molecule has 4 nitrogen and oxygen atoms in total. The van der Waals surface area contributed by atoms with Crippen LogP contribution in [0.4, 0.5) is 15.8 Å². The highest BCUT2D eigenvalue weighted by molar-refractivity contribution is 7.92. The summed E-state index contributed by atoms with van der Waals surface area (Å²) in [6.07, 6.45) is 0. The van der Waals surface area contributed by atoms with Gasteiger partial charge in [0.05, 0.1) is 16.3 Å². The third-order valence-corrected chi connectivity index (χ3v) is 4.41. The maximum Gasteiger partial charge on any atom is 0.262 e. The van der Waals surface area contributed by atoms with Crippen molar-refractivity contribution in [1.82, 2.24) is 0 Å². The molecule has 106 valence electrons. The Morgan fingerprint density at radius 2 is 1.80 bits per heavy atom. The van der Waals surface area contributed by atoms with Gasteiger partial charge in [-0.25, -0.2) is 12.8 Å². The Labute approximate surface area is 117 Å². The van der Waals surface area contributed by atoms with Gasteiger partial charge in [0.15, 0.2) is 0 Å². The van der Waals surface area contributed by atoms with Gasteiger partial charge in [0, 0.05) is 0 Å². The molecule has 2 rings (SSSR count). The van der Waals surface area contributed by atoms with Gasteiger partial charge in [-0.05, 0) is 43.7 Å². The van der Waals surface area contributed by atoms with E-state index in [9.17, 15) is 12.8 Å². The Morgan fingerprint density at radius 1 is 1.10 bits per heavy atom. The molecule has 0 saturated heterocycles. The SMILES string of the molecule is Cc1ccc(S(=O)(=O)Nc2ccc(F)c(N)c2)c(C)c1. The number of nitrogens with two attached hydrogens (primary N) is 1. The Hall–Kier alpha value is -2.08. The van der Waals surface area contributed by atoms with Crippen molar-refractivity contribution in [2.75, 3.05) is 10.5 Å². The molecule has 0 aliphatic carbocycles. The van der Waals surface area contributed by atoms with Gasteiger partial charge in [-0.2, -0.15) is 0 Å². The van der Waals surface area contributed by atoms with E-state index in [-0.39, 0.29) is 16.3 Å². The van der Waals surface area contributed by atoms with Crippen LogP contribution in [0.2, 0.25) is 0 Å². The normalized spacial score (nSPS) is 11.3. The van der Waals surface area contributed by atoms with Crippen molar-refractivity contribution in [1.29, 1.82) is 0 Å². The second-order valence-electron chi connectivity index (χ2n) is 4.61. The fourth-order valence-electron chi connectivity index (χ4n) is 1.92. The van der Waals surface area contributed by atoms with Crippen LogP contribution in [-0.4, -0.2) is 8.42 Å². The molecule has 0 unspecified atom stereocenters. The first kappa shape index (κ1) is 14.3. The highest BCUT2D eigenvalue weighted by atomic mass is 32.2. The molecule has 3 N–H and O–H groups in total. The Bertz CT molecular complexity index is 758. The lowest BCUT2D eigenvalue weighted by molar-refractivity contribution is 0.600. The molecule has 2 aromatic carbocycles. The van der Waals surface area contributed by atoms with E-state index < -0.39 is 15.8 Å². The predicted molar refractivity (Wildman–Crippen MR) is 77.5 cm³/mol. The number of aryl methyl sites for hydroxylation is 2. The van der Waals surface area contributed by atoms with E-state index in [1.807, 2.05) is 6.92 Å². The number of hydrogen-bond acceptors (Lipinski definition) is 3. The monoisotopic (exact) mass is 294 g/mol. The smallest absolute Gasteiger partial charge is 0.262 e. The van der Waals surface area contributed by atoms with Gasteiger partial charge < -0.3 is 5.73 Å². The zero-order valence-electron chi connectivity index (χ0n) is 11.1. The molecular weight excluding hydrogens is 279 g/mol. The van der Waals surface area contributed by atoms with Crippen LogP contribution >= 0.6 is 0 Å². The minimum atomic E-state index is -3.72. The molecule has 0 spiro atoms. The first-order valence-corrected chi connectivity index (χ1v) is 7.43. The van der Waals surface area contributed by atoms with Crippen LogP contribution in [0.3, 0.4) is 0 Å². The average molecular weight is 294 g/mol. The largest absolute Gasteiger partial charge is 0.396 e. The molecule has 0 fully saturated rings. The van der Waals surface area contributed by atoms with Crippen molar-refractivity contribution in [3.05, 3.63) is 53.3 Å². The van der Waals surface area contributed by atoms with E-state index in [1.165, 1.54) is 12.1 Å². The number of nitrogen functional groups attached to an aromatic ring is 1. The third-order valence-electron chi connectivity index (χ3n) is 2.87. The third kappa shape index (κ3) is 2.91. The number of halogens is 1. The molecule has 2 aromatic rings. The standard InChI is InChI=1S/C14H15FN2O2S/c1-9-3-6-14(10(2)7-9)20(18,19)17-11-4-5-12(15)13(16)8-11/h3-8,17H,16H2,1-2H3. The number of hydrogen-bond donors (Lipinski definition) is 2. The lowest BCUT2D eigenvalue weighted by atomic mass is 10.2. The van der Waals surface area contributed by atoms with E-state index in [1.54, 1.807) is 25.1 Å². The second kappa shape index (κ2) is 5.13. The second-order valence-corrected chi connectivity index (χ2v) is 6.26. The van der Waals surface area contributed by atoms with Gasteiger partial charge in [0.2, 0.25) is 0 Å².